The molecule has 0 saturated carbocycles. The Hall–Kier alpha value is -2.29. The topological polar surface area (TPSA) is 29.3 Å². The first-order valence-corrected chi connectivity index (χ1v) is 6.57. The van der Waals surface area contributed by atoms with Gasteiger partial charge in [0.25, 0.3) is 0 Å². The van der Waals surface area contributed by atoms with Crippen molar-refractivity contribution in [2.24, 2.45) is 0 Å². The molecule has 0 radical (unpaired) electrons. The molecule has 0 bridgehead atoms. The van der Waals surface area contributed by atoms with Crippen molar-refractivity contribution in [1.82, 2.24) is 9.38 Å². The van der Waals surface area contributed by atoms with Gasteiger partial charge in [-0.3, -0.25) is 0 Å². The molecule has 19 heavy (non-hydrogen) atoms. The first-order valence-electron chi connectivity index (χ1n) is 6.57. The minimum Gasteiger partial charge on any atom is -0.384 e. The van der Waals surface area contributed by atoms with Crippen LogP contribution < -0.4 is 5.32 Å². The van der Waals surface area contributed by atoms with Gasteiger partial charge >= 0.3 is 0 Å². The summed E-state index contributed by atoms with van der Waals surface area (Å²) >= 11 is 0. The highest BCUT2D eigenvalue weighted by Gasteiger charge is 2.10. The van der Waals surface area contributed by atoms with Gasteiger partial charge in [0, 0.05) is 24.0 Å². The summed E-state index contributed by atoms with van der Waals surface area (Å²) in [5.41, 5.74) is 5.48. The number of aromatic nitrogens is 2. The average molecular weight is 251 g/mol. The summed E-state index contributed by atoms with van der Waals surface area (Å²) in [5, 5.41) is 3.33. The molecule has 96 valence electrons. The number of fused-ring (bicyclic) bond motifs is 1. The van der Waals surface area contributed by atoms with Crippen molar-refractivity contribution in [2.45, 2.75) is 13.8 Å². The van der Waals surface area contributed by atoms with Crippen LogP contribution in [-0.4, -0.2) is 15.9 Å². The summed E-state index contributed by atoms with van der Waals surface area (Å²) in [6, 6.07) is 14.4. The Morgan fingerprint density at radius 3 is 2.63 bits per heavy atom. The summed E-state index contributed by atoms with van der Waals surface area (Å²) in [6.07, 6.45) is 2.10. The molecule has 0 aliphatic rings. The van der Waals surface area contributed by atoms with Crippen molar-refractivity contribution in [2.75, 3.05) is 11.9 Å². The van der Waals surface area contributed by atoms with Crippen LogP contribution in [0.1, 0.15) is 12.6 Å². The standard InChI is InChI=1S/C16H17N3/c1-3-17-14-9-10-15-18-16(12(2)19(15)11-14)13-7-5-4-6-8-13/h4-11,17H,3H2,1-2H3. The SMILES string of the molecule is CCNc1ccc2nc(-c3ccccc3)c(C)n2c1. The van der Waals surface area contributed by atoms with Crippen LogP contribution in [0.3, 0.4) is 0 Å². The zero-order chi connectivity index (χ0) is 13.2. The van der Waals surface area contributed by atoms with E-state index < -0.39 is 0 Å². The van der Waals surface area contributed by atoms with Gasteiger partial charge in [0.15, 0.2) is 0 Å². The Kier molecular flexibility index (Phi) is 2.95. The zero-order valence-electron chi connectivity index (χ0n) is 11.2. The normalized spacial score (nSPS) is 10.8. The number of hydrogen-bond donors (Lipinski definition) is 1. The Bertz CT molecular complexity index is 699. The van der Waals surface area contributed by atoms with Crippen LogP contribution >= 0.6 is 0 Å². The number of imidazole rings is 1. The van der Waals surface area contributed by atoms with Crippen LogP contribution in [0.2, 0.25) is 0 Å². The van der Waals surface area contributed by atoms with Crippen molar-refractivity contribution in [3.8, 4) is 11.3 Å². The highest BCUT2D eigenvalue weighted by Crippen LogP contribution is 2.24. The summed E-state index contributed by atoms with van der Waals surface area (Å²) in [7, 11) is 0. The molecule has 3 nitrogen and oxygen atoms in total. The Morgan fingerprint density at radius 2 is 1.89 bits per heavy atom. The number of anilines is 1. The van der Waals surface area contributed by atoms with E-state index in [2.05, 4.69) is 54.0 Å². The molecule has 0 atom stereocenters. The maximum Gasteiger partial charge on any atom is 0.137 e. The maximum atomic E-state index is 4.72. The second-order valence-corrected chi connectivity index (χ2v) is 4.59. The van der Waals surface area contributed by atoms with Gasteiger partial charge in [-0.25, -0.2) is 4.98 Å². The summed E-state index contributed by atoms with van der Waals surface area (Å²) < 4.78 is 2.14. The third-order valence-corrected chi connectivity index (χ3v) is 3.29. The van der Waals surface area contributed by atoms with Crippen molar-refractivity contribution < 1.29 is 0 Å². The van der Waals surface area contributed by atoms with E-state index in [0.717, 1.165) is 29.1 Å². The molecule has 0 unspecified atom stereocenters. The Balaban J connectivity index is 2.15. The molecule has 3 aromatic rings. The second-order valence-electron chi connectivity index (χ2n) is 4.59. The quantitative estimate of drug-likeness (QED) is 0.768. The lowest BCUT2D eigenvalue weighted by molar-refractivity contribution is 1.10. The van der Waals surface area contributed by atoms with Crippen LogP contribution in [0.4, 0.5) is 5.69 Å². The van der Waals surface area contributed by atoms with Gasteiger partial charge < -0.3 is 9.72 Å². The molecule has 1 N–H and O–H groups in total. The first kappa shape index (κ1) is 11.8. The molecule has 0 aliphatic carbocycles. The maximum absolute atomic E-state index is 4.72. The fourth-order valence-corrected chi connectivity index (χ4v) is 2.34. The number of benzene rings is 1. The second kappa shape index (κ2) is 4.76. The average Bonchev–Trinajstić information content (AvgIpc) is 2.78. The van der Waals surface area contributed by atoms with Crippen LogP contribution in [-0.2, 0) is 0 Å². The lowest BCUT2D eigenvalue weighted by Gasteiger charge is -2.04. The van der Waals surface area contributed by atoms with E-state index in [4.69, 9.17) is 4.98 Å². The number of rotatable bonds is 3. The molecule has 0 fully saturated rings. The van der Waals surface area contributed by atoms with E-state index in [9.17, 15) is 0 Å². The highest BCUT2D eigenvalue weighted by molar-refractivity contribution is 5.67. The van der Waals surface area contributed by atoms with Gasteiger partial charge in [0.1, 0.15) is 5.65 Å². The van der Waals surface area contributed by atoms with Crippen LogP contribution in [0, 0.1) is 6.92 Å². The Morgan fingerprint density at radius 1 is 1.11 bits per heavy atom. The molecular weight excluding hydrogens is 234 g/mol. The summed E-state index contributed by atoms with van der Waals surface area (Å²) in [4.78, 5) is 4.72. The van der Waals surface area contributed by atoms with Gasteiger partial charge in [0.05, 0.1) is 11.4 Å². The van der Waals surface area contributed by atoms with Crippen LogP contribution in [0.25, 0.3) is 16.9 Å². The van der Waals surface area contributed by atoms with E-state index in [1.54, 1.807) is 0 Å². The molecule has 0 spiro atoms. The largest absolute Gasteiger partial charge is 0.384 e. The molecule has 1 aromatic carbocycles. The number of nitrogens with one attached hydrogen (secondary N) is 1. The zero-order valence-corrected chi connectivity index (χ0v) is 11.2. The minimum absolute atomic E-state index is 0.921. The Labute approximate surface area is 112 Å². The summed E-state index contributed by atoms with van der Waals surface area (Å²) in [6.45, 7) is 5.13. The van der Waals surface area contributed by atoms with Crippen LogP contribution in [0.5, 0.6) is 0 Å². The third-order valence-electron chi connectivity index (χ3n) is 3.29. The molecule has 3 rings (SSSR count). The van der Waals surface area contributed by atoms with Crippen molar-refractivity contribution >= 4 is 11.3 Å². The minimum atomic E-state index is 0.921. The van der Waals surface area contributed by atoms with Gasteiger partial charge in [-0.1, -0.05) is 30.3 Å². The first-order chi connectivity index (χ1) is 9.29. The van der Waals surface area contributed by atoms with Gasteiger partial charge in [0.2, 0.25) is 0 Å². The molecule has 2 heterocycles. The van der Waals surface area contributed by atoms with Crippen LogP contribution in [0.15, 0.2) is 48.7 Å². The van der Waals surface area contributed by atoms with E-state index in [0.29, 0.717) is 0 Å². The predicted molar refractivity (Wildman–Crippen MR) is 79.5 cm³/mol. The lowest BCUT2D eigenvalue weighted by atomic mass is 10.1. The number of hydrogen-bond acceptors (Lipinski definition) is 2. The predicted octanol–water partition coefficient (Wildman–Crippen LogP) is 3.74. The van der Waals surface area contributed by atoms with Crippen molar-refractivity contribution in [3.05, 3.63) is 54.4 Å². The fraction of sp³-hybridized carbons (Fsp3) is 0.188. The van der Waals surface area contributed by atoms with Gasteiger partial charge in [-0.05, 0) is 26.0 Å². The number of nitrogens with zero attached hydrogens (tertiary/aromatic N) is 2. The lowest BCUT2D eigenvalue weighted by Crippen LogP contribution is -1.98. The van der Waals surface area contributed by atoms with E-state index in [-0.39, 0.29) is 0 Å². The molecule has 0 aliphatic heterocycles. The van der Waals surface area contributed by atoms with E-state index in [1.807, 2.05) is 18.2 Å². The molecule has 3 heteroatoms. The fourth-order valence-electron chi connectivity index (χ4n) is 2.34. The molecular formula is C16H17N3. The van der Waals surface area contributed by atoms with Gasteiger partial charge in [-0.2, -0.15) is 0 Å². The van der Waals surface area contributed by atoms with E-state index in [1.165, 1.54) is 5.69 Å². The molecule has 2 aromatic heterocycles. The van der Waals surface area contributed by atoms with Crippen molar-refractivity contribution in [3.63, 3.8) is 0 Å². The third kappa shape index (κ3) is 2.08. The highest BCUT2D eigenvalue weighted by atomic mass is 15.0. The smallest absolute Gasteiger partial charge is 0.137 e. The van der Waals surface area contributed by atoms with E-state index >= 15 is 0 Å². The van der Waals surface area contributed by atoms with Gasteiger partial charge in [-0.15, -0.1) is 0 Å². The monoisotopic (exact) mass is 251 g/mol. The number of pyridine rings is 1. The summed E-state index contributed by atoms with van der Waals surface area (Å²) in [5.74, 6) is 0. The number of aryl methyl sites for hydroxylation is 1. The molecule has 0 amide bonds. The molecule has 0 saturated heterocycles. The van der Waals surface area contributed by atoms with Crippen molar-refractivity contribution in [1.29, 1.82) is 0 Å².